The van der Waals surface area contributed by atoms with Crippen molar-refractivity contribution in [1.82, 2.24) is 19.0 Å². The Morgan fingerprint density at radius 1 is 1.28 bits per heavy atom. The van der Waals surface area contributed by atoms with Crippen molar-refractivity contribution in [1.29, 1.82) is 0 Å². The fourth-order valence-electron chi connectivity index (χ4n) is 3.85. The van der Waals surface area contributed by atoms with Crippen LogP contribution in [0.25, 0.3) is 0 Å². The van der Waals surface area contributed by atoms with E-state index >= 15 is 0 Å². The molecule has 158 valence electrons. The molecule has 2 heterocycles. The Morgan fingerprint density at radius 3 is 2.72 bits per heavy atom. The van der Waals surface area contributed by atoms with Crippen LogP contribution in [0, 0.1) is 0 Å². The predicted molar refractivity (Wildman–Crippen MR) is 112 cm³/mol. The van der Waals surface area contributed by atoms with Gasteiger partial charge in [-0.25, -0.2) is 8.42 Å². The molecule has 0 bridgehead atoms. The van der Waals surface area contributed by atoms with E-state index in [0.29, 0.717) is 13.2 Å². The Balaban J connectivity index is 1.53. The van der Waals surface area contributed by atoms with Gasteiger partial charge in [0, 0.05) is 55.6 Å². The molecule has 1 fully saturated rings. The molecule has 0 unspecified atom stereocenters. The minimum absolute atomic E-state index is 0.159. The summed E-state index contributed by atoms with van der Waals surface area (Å²) in [6.45, 7) is 7.76. The van der Waals surface area contributed by atoms with Crippen LogP contribution in [-0.4, -0.2) is 52.3 Å². The lowest BCUT2D eigenvalue weighted by molar-refractivity contribution is 0.151. The quantitative estimate of drug-likeness (QED) is 0.691. The molecule has 1 aliphatic heterocycles. The first-order valence-corrected chi connectivity index (χ1v) is 12.1. The summed E-state index contributed by atoms with van der Waals surface area (Å²) in [6, 6.07) is 6.52. The topological polar surface area (TPSA) is 67.7 Å². The first-order valence-electron chi connectivity index (χ1n) is 10.3. The molecular formula is C21H30N4O3S. The van der Waals surface area contributed by atoms with Gasteiger partial charge in [-0.2, -0.15) is 9.40 Å². The fourth-order valence-corrected chi connectivity index (χ4v) is 4.99. The summed E-state index contributed by atoms with van der Waals surface area (Å²) in [6.07, 6.45) is 7.24. The van der Waals surface area contributed by atoms with Crippen LogP contribution in [-0.2, 0) is 36.2 Å². The van der Waals surface area contributed by atoms with E-state index < -0.39 is 10.0 Å². The third-order valence-corrected chi connectivity index (χ3v) is 7.00. The Labute approximate surface area is 173 Å². The summed E-state index contributed by atoms with van der Waals surface area (Å²) in [5.41, 5.74) is 3.31. The lowest BCUT2D eigenvalue weighted by Crippen LogP contribution is -2.34. The van der Waals surface area contributed by atoms with Crippen molar-refractivity contribution in [3.8, 4) is 5.75 Å². The zero-order chi connectivity index (χ0) is 20.6. The van der Waals surface area contributed by atoms with Gasteiger partial charge in [0.25, 0.3) is 0 Å². The van der Waals surface area contributed by atoms with Gasteiger partial charge in [-0.15, -0.1) is 0 Å². The van der Waals surface area contributed by atoms with E-state index in [9.17, 15) is 8.42 Å². The molecule has 0 saturated heterocycles. The second-order valence-electron chi connectivity index (χ2n) is 8.25. The first kappa shape index (κ1) is 20.4. The highest BCUT2D eigenvalue weighted by Crippen LogP contribution is 2.32. The van der Waals surface area contributed by atoms with Crippen molar-refractivity contribution in [3.63, 3.8) is 0 Å². The third kappa shape index (κ3) is 4.82. The van der Waals surface area contributed by atoms with Crippen LogP contribution in [0.4, 0.5) is 0 Å². The van der Waals surface area contributed by atoms with Gasteiger partial charge in [-0.1, -0.05) is 6.07 Å². The number of ether oxygens (including phenoxy) is 1. The van der Waals surface area contributed by atoms with Crippen LogP contribution in [0.2, 0.25) is 0 Å². The average molecular weight is 419 g/mol. The number of benzene rings is 1. The molecule has 1 aromatic heterocycles. The number of sulfonamides is 1. The molecule has 2 aliphatic rings. The molecule has 8 heteroatoms. The van der Waals surface area contributed by atoms with Gasteiger partial charge < -0.3 is 4.74 Å². The van der Waals surface area contributed by atoms with E-state index in [-0.39, 0.29) is 12.1 Å². The highest BCUT2D eigenvalue weighted by molar-refractivity contribution is 7.88. The first-order chi connectivity index (χ1) is 13.8. The zero-order valence-electron chi connectivity index (χ0n) is 17.4. The van der Waals surface area contributed by atoms with E-state index in [1.165, 1.54) is 11.8 Å². The smallest absolute Gasteiger partial charge is 0.211 e. The lowest BCUT2D eigenvalue weighted by Gasteiger charge is -2.25. The number of fused-ring (bicyclic) bond motifs is 1. The summed E-state index contributed by atoms with van der Waals surface area (Å²) >= 11 is 0. The molecule has 1 aliphatic carbocycles. The number of rotatable bonds is 7. The van der Waals surface area contributed by atoms with Gasteiger partial charge in [-0.05, 0) is 44.4 Å². The number of hydrogen-bond acceptors (Lipinski definition) is 5. The molecule has 0 radical (unpaired) electrons. The van der Waals surface area contributed by atoms with E-state index in [2.05, 4.69) is 36.1 Å². The number of hydrogen-bond donors (Lipinski definition) is 0. The third-order valence-electron chi connectivity index (χ3n) is 5.72. The van der Waals surface area contributed by atoms with Gasteiger partial charge in [0.15, 0.2) is 0 Å². The minimum atomic E-state index is -3.21. The number of aromatic nitrogens is 2. The summed E-state index contributed by atoms with van der Waals surface area (Å²) in [4.78, 5) is 2.39. The molecule has 0 spiro atoms. The Bertz CT molecular complexity index is 968. The normalized spacial score (nSPS) is 20.3. The van der Waals surface area contributed by atoms with Crippen LogP contribution in [0.5, 0.6) is 5.75 Å². The van der Waals surface area contributed by atoms with Crippen LogP contribution in [0.3, 0.4) is 0 Å². The maximum absolute atomic E-state index is 12.2. The molecule has 1 atom stereocenters. The van der Waals surface area contributed by atoms with Crippen LogP contribution < -0.4 is 4.74 Å². The summed E-state index contributed by atoms with van der Waals surface area (Å²) in [7, 11) is -3.21. The Hall–Kier alpha value is -1.90. The molecule has 0 amide bonds. The monoisotopic (exact) mass is 418 g/mol. The fraction of sp³-hybridized carbons (Fsp3) is 0.571. The highest BCUT2D eigenvalue weighted by Gasteiger charge is 2.35. The zero-order valence-corrected chi connectivity index (χ0v) is 18.2. The SMILES string of the molecule is CCn1cc(CN2Cc3cc(CN(C4CC4)S(C)(=O)=O)ccc3OC[C@@H]2C)cn1. The van der Waals surface area contributed by atoms with Crippen molar-refractivity contribution in [2.75, 3.05) is 12.9 Å². The summed E-state index contributed by atoms with van der Waals surface area (Å²) < 4.78 is 34.0. The average Bonchev–Trinajstić information content (AvgIpc) is 3.43. The molecule has 2 aromatic rings. The Kier molecular flexibility index (Phi) is 5.68. The largest absolute Gasteiger partial charge is 0.492 e. The van der Waals surface area contributed by atoms with Crippen LogP contribution >= 0.6 is 0 Å². The van der Waals surface area contributed by atoms with E-state index in [1.807, 2.05) is 23.0 Å². The van der Waals surface area contributed by atoms with Crippen LogP contribution in [0.1, 0.15) is 43.4 Å². The molecule has 7 nitrogen and oxygen atoms in total. The minimum Gasteiger partial charge on any atom is -0.492 e. The van der Waals surface area contributed by atoms with Gasteiger partial charge in [-0.3, -0.25) is 9.58 Å². The van der Waals surface area contributed by atoms with Gasteiger partial charge in [0.1, 0.15) is 12.4 Å². The maximum atomic E-state index is 12.2. The number of nitrogens with zero attached hydrogens (tertiary/aromatic N) is 4. The second-order valence-corrected chi connectivity index (χ2v) is 10.2. The molecule has 1 aromatic carbocycles. The van der Waals surface area contributed by atoms with Gasteiger partial charge >= 0.3 is 0 Å². The highest BCUT2D eigenvalue weighted by atomic mass is 32.2. The van der Waals surface area contributed by atoms with E-state index in [0.717, 1.165) is 49.4 Å². The lowest BCUT2D eigenvalue weighted by atomic mass is 10.1. The number of aryl methyl sites for hydroxylation is 1. The predicted octanol–water partition coefficient (Wildman–Crippen LogP) is 2.61. The standard InChI is InChI=1S/C21H30N4O3S/c1-4-24-12-18(10-22-24)11-23-14-19-9-17(5-8-21(19)28-15-16(23)2)13-25(20-6-7-20)29(3,26)27/h5,8-10,12,16,20H,4,6-7,11,13-15H2,1-3H3/t16-/m0/s1. The van der Waals surface area contributed by atoms with E-state index in [4.69, 9.17) is 4.74 Å². The molecule has 29 heavy (non-hydrogen) atoms. The maximum Gasteiger partial charge on any atom is 0.211 e. The second kappa shape index (κ2) is 8.08. The molecular weight excluding hydrogens is 388 g/mol. The van der Waals surface area contributed by atoms with Gasteiger partial charge in [0.2, 0.25) is 10.0 Å². The molecule has 0 N–H and O–H groups in total. The van der Waals surface area contributed by atoms with Crippen molar-refractivity contribution < 1.29 is 13.2 Å². The summed E-state index contributed by atoms with van der Waals surface area (Å²) in [5.74, 6) is 0.893. The van der Waals surface area contributed by atoms with Gasteiger partial charge in [0.05, 0.1) is 12.5 Å². The van der Waals surface area contributed by atoms with Crippen molar-refractivity contribution in [3.05, 3.63) is 47.3 Å². The van der Waals surface area contributed by atoms with Crippen LogP contribution in [0.15, 0.2) is 30.6 Å². The van der Waals surface area contributed by atoms with Crippen molar-refractivity contribution >= 4 is 10.0 Å². The summed E-state index contributed by atoms with van der Waals surface area (Å²) in [5, 5.41) is 4.38. The Morgan fingerprint density at radius 2 is 2.07 bits per heavy atom. The molecule has 1 saturated carbocycles. The van der Waals surface area contributed by atoms with Crippen molar-refractivity contribution in [2.24, 2.45) is 0 Å². The van der Waals surface area contributed by atoms with E-state index in [1.54, 1.807) is 4.31 Å². The molecule has 4 rings (SSSR count). The van der Waals surface area contributed by atoms with Crippen molar-refractivity contribution in [2.45, 2.75) is 65.0 Å².